The van der Waals surface area contributed by atoms with Crippen molar-refractivity contribution < 1.29 is 5.11 Å². The number of aromatic hydroxyl groups is 1. The molecule has 0 aliphatic carbocycles. The summed E-state index contributed by atoms with van der Waals surface area (Å²) in [6.07, 6.45) is 1.81. The lowest BCUT2D eigenvalue weighted by Crippen LogP contribution is -1.98. The van der Waals surface area contributed by atoms with Crippen molar-refractivity contribution in [2.24, 2.45) is 0 Å². The molecule has 1 N–H and O–H groups in total. The normalized spacial score (nSPS) is 11.1. The largest absolute Gasteiger partial charge is 0.508 e. The molecule has 1 aromatic heterocycles. The Morgan fingerprint density at radius 1 is 1.35 bits per heavy atom. The Morgan fingerprint density at radius 2 is 2.12 bits per heavy atom. The standard InChI is InChI=1S/C10H9ClN4OS/c11-6-1-7-17-10-12-13-14-15(10)8-2-4-9(16)5-3-8/h1-6,16H,7H2. The highest BCUT2D eigenvalue weighted by Gasteiger charge is 2.07. The number of aromatic nitrogens is 4. The fourth-order valence-electron chi connectivity index (χ4n) is 1.18. The fraction of sp³-hybridized carbons (Fsp3) is 0.100. The molecule has 2 aromatic rings. The van der Waals surface area contributed by atoms with Crippen LogP contribution in [0, 0.1) is 0 Å². The number of hydrogen-bond acceptors (Lipinski definition) is 5. The van der Waals surface area contributed by atoms with Gasteiger partial charge in [-0.2, -0.15) is 4.68 Å². The number of thioether (sulfide) groups is 1. The highest BCUT2D eigenvalue weighted by Crippen LogP contribution is 2.19. The summed E-state index contributed by atoms with van der Waals surface area (Å²) >= 11 is 6.91. The molecular formula is C10H9ClN4OS. The molecule has 2 rings (SSSR count). The molecule has 0 atom stereocenters. The van der Waals surface area contributed by atoms with Gasteiger partial charge in [-0.25, -0.2) is 0 Å². The minimum Gasteiger partial charge on any atom is -0.508 e. The lowest BCUT2D eigenvalue weighted by molar-refractivity contribution is 0.475. The molecule has 1 aromatic carbocycles. The molecule has 17 heavy (non-hydrogen) atoms. The summed E-state index contributed by atoms with van der Waals surface area (Å²) in [5.41, 5.74) is 2.26. The summed E-state index contributed by atoms with van der Waals surface area (Å²) in [5, 5.41) is 21.3. The van der Waals surface area contributed by atoms with Crippen LogP contribution < -0.4 is 0 Å². The van der Waals surface area contributed by atoms with Crippen molar-refractivity contribution in [2.75, 3.05) is 5.75 Å². The molecule has 0 radical (unpaired) electrons. The number of nitrogens with zero attached hydrogens (tertiary/aromatic N) is 4. The summed E-state index contributed by atoms with van der Waals surface area (Å²) in [5.74, 6) is 0.906. The fourth-order valence-corrected chi connectivity index (χ4v) is 2.08. The zero-order valence-electron chi connectivity index (χ0n) is 8.69. The predicted molar refractivity (Wildman–Crippen MR) is 66.5 cm³/mol. The Morgan fingerprint density at radius 3 is 2.82 bits per heavy atom. The summed E-state index contributed by atoms with van der Waals surface area (Å²) in [7, 11) is 0. The van der Waals surface area contributed by atoms with Gasteiger partial charge in [0.05, 0.1) is 5.69 Å². The van der Waals surface area contributed by atoms with Crippen LogP contribution in [0.2, 0.25) is 0 Å². The zero-order chi connectivity index (χ0) is 12.1. The van der Waals surface area contributed by atoms with Crippen LogP contribution in [0.5, 0.6) is 5.75 Å². The van der Waals surface area contributed by atoms with E-state index in [1.807, 2.05) is 6.08 Å². The molecule has 0 aliphatic heterocycles. The molecule has 0 aliphatic rings. The van der Waals surface area contributed by atoms with Crippen LogP contribution in [0.1, 0.15) is 0 Å². The van der Waals surface area contributed by atoms with Gasteiger partial charge in [0.2, 0.25) is 5.16 Å². The van der Waals surface area contributed by atoms with Crippen molar-refractivity contribution >= 4 is 23.4 Å². The van der Waals surface area contributed by atoms with Gasteiger partial charge < -0.3 is 5.11 Å². The molecule has 88 valence electrons. The van der Waals surface area contributed by atoms with E-state index in [0.717, 1.165) is 5.69 Å². The maximum Gasteiger partial charge on any atom is 0.214 e. The SMILES string of the molecule is Oc1ccc(-n2nnnc2SCC=CCl)cc1. The smallest absolute Gasteiger partial charge is 0.214 e. The number of phenolic OH excluding ortho intramolecular Hbond substituents is 1. The Balaban J connectivity index is 2.21. The molecule has 0 bridgehead atoms. The van der Waals surface area contributed by atoms with Crippen LogP contribution in [-0.4, -0.2) is 31.1 Å². The van der Waals surface area contributed by atoms with Crippen molar-refractivity contribution in [1.29, 1.82) is 0 Å². The Bertz CT molecular complexity index is 511. The van der Waals surface area contributed by atoms with Gasteiger partial charge in [0, 0.05) is 11.3 Å². The monoisotopic (exact) mass is 268 g/mol. The van der Waals surface area contributed by atoms with Gasteiger partial charge in [-0.1, -0.05) is 29.4 Å². The maximum atomic E-state index is 9.21. The third kappa shape index (κ3) is 2.98. The van der Waals surface area contributed by atoms with Crippen molar-refractivity contribution in [1.82, 2.24) is 20.2 Å². The van der Waals surface area contributed by atoms with Crippen molar-refractivity contribution in [2.45, 2.75) is 5.16 Å². The van der Waals surface area contributed by atoms with Crippen LogP contribution in [0.3, 0.4) is 0 Å². The first-order valence-electron chi connectivity index (χ1n) is 4.77. The van der Waals surface area contributed by atoms with E-state index in [2.05, 4.69) is 15.5 Å². The van der Waals surface area contributed by atoms with Gasteiger partial charge in [0.1, 0.15) is 5.75 Å². The topological polar surface area (TPSA) is 63.8 Å². The van der Waals surface area contributed by atoms with Crippen molar-refractivity contribution in [3.05, 3.63) is 35.9 Å². The van der Waals surface area contributed by atoms with E-state index >= 15 is 0 Å². The molecule has 0 unspecified atom stereocenters. The molecule has 0 saturated heterocycles. The number of benzene rings is 1. The predicted octanol–water partition coefficient (Wildman–Crippen LogP) is 2.21. The van der Waals surface area contributed by atoms with E-state index in [9.17, 15) is 5.11 Å². The average Bonchev–Trinajstić information content (AvgIpc) is 2.79. The summed E-state index contributed by atoms with van der Waals surface area (Å²) in [6, 6.07) is 6.66. The summed E-state index contributed by atoms with van der Waals surface area (Å²) in [4.78, 5) is 0. The van der Waals surface area contributed by atoms with Crippen LogP contribution in [0.25, 0.3) is 5.69 Å². The lowest BCUT2D eigenvalue weighted by Gasteiger charge is -2.02. The third-order valence-corrected chi connectivity index (χ3v) is 2.98. The third-order valence-electron chi connectivity index (χ3n) is 1.93. The minimum absolute atomic E-state index is 0.209. The minimum atomic E-state index is 0.209. The van der Waals surface area contributed by atoms with Crippen LogP contribution in [0.15, 0.2) is 41.0 Å². The van der Waals surface area contributed by atoms with E-state index in [-0.39, 0.29) is 5.75 Å². The van der Waals surface area contributed by atoms with Crippen molar-refractivity contribution in [3.8, 4) is 11.4 Å². The lowest BCUT2D eigenvalue weighted by atomic mass is 10.3. The zero-order valence-corrected chi connectivity index (χ0v) is 10.3. The summed E-state index contributed by atoms with van der Waals surface area (Å²) < 4.78 is 1.60. The molecular weight excluding hydrogens is 260 g/mol. The quantitative estimate of drug-likeness (QED) is 0.862. The molecule has 0 fully saturated rings. The van der Waals surface area contributed by atoms with Crippen LogP contribution in [0.4, 0.5) is 0 Å². The highest BCUT2D eigenvalue weighted by atomic mass is 35.5. The number of phenols is 1. The van der Waals surface area contributed by atoms with Crippen molar-refractivity contribution in [3.63, 3.8) is 0 Å². The number of rotatable bonds is 4. The molecule has 0 saturated carbocycles. The second-order valence-electron chi connectivity index (χ2n) is 3.06. The van der Waals surface area contributed by atoms with Gasteiger partial charge in [0.25, 0.3) is 0 Å². The Hall–Kier alpha value is -1.53. The molecule has 0 amide bonds. The molecule has 1 heterocycles. The second kappa shape index (κ2) is 5.70. The molecule has 0 spiro atoms. The number of hydrogen-bond donors (Lipinski definition) is 1. The van der Waals surface area contributed by atoms with Crippen LogP contribution in [-0.2, 0) is 0 Å². The van der Waals surface area contributed by atoms with E-state index in [4.69, 9.17) is 11.6 Å². The van der Waals surface area contributed by atoms with E-state index in [1.165, 1.54) is 17.3 Å². The first-order chi connectivity index (χ1) is 8.31. The molecule has 7 heteroatoms. The summed E-state index contributed by atoms with van der Waals surface area (Å²) in [6.45, 7) is 0. The van der Waals surface area contributed by atoms with Gasteiger partial charge in [0.15, 0.2) is 0 Å². The second-order valence-corrected chi connectivity index (χ2v) is 4.30. The Labute approximate surface area is 107 Å². The number of tetrazole rings is 1. The highest BCUT2D eigenvalue weighted by molar-refractivity contribution is 7.99. The van der Waals surface area contributed by atoms with Gasteiger partial charge >= 0.3 is 0 Å². The van der Waals surface area contributed by atoms with E-state index in [1.54, 1.807) is 28.9 Å². The van der Waals surface area contributed by atoms with Gasteiger partial charge in [-0.3, -0.25) is 0 Å². The number of halogens is 1. The Kier molecular flexibility index (Phi) is 4.00. The van der Waals surface area contributed by atoms with E-state index in [0.29, 0.717) is 10.9 Å². The molecule has 5 nitrogen and oxygen atoms in total. The van der Waals surface area contributed by atoms with Gasteiger partial charge in [-0.05, 0) is 34.7 Å². The van der Waals surface area contributed by atoms with Crippen LogP contribution >= 0.6 is 23.4 Å². The van der Waals surface area contributed by atoms with Gasteiger partial charge in [-0.15, -0.1) is 5.10 Å². The first kappa shape index (κ1) is 11.9. The van der Waals surface area contributed by atoms with E-state index < -0.39 is 0 Å². The first-order valence-corrected chi connectivity index (χ1v) is 6.19. The average molecular weight is 269 g/mol. The maximum absolute atomic E-state index is 9.21.